The summed E-state index contributed by atoms with van der Waals surface area (Å²) in [5.41, 5.74) is 1.59. The summed E-state index contributed by atoms with van der Waals surface area (Å²) in [5, 5.41) is 0. The van der Waals surface area contributed by atoms with E-state index >= 15 is 0 Å². The Morgan fingerprint density at radius 2 is 1.88 bits per heavy atom. The largest absolute Gasteiger partial charge is 0.473 e. The third kappa shape index (κ3) is 3.82. The summed E-state index contributed by atoms with van der Waals surface area (Å²) in [7, 11) is 0. The molecule has 0 atom stereocenters. The van der Waals surface area contributed by atoms with Gasteiger partial charge in [0, 0.05) is 17.1 Å². The van der Waals surface area contributed by atoms with Crippen molar-refractivity contribution in [2.75, 3.05) is 0 Å². The molecule has 0 aromatic carbocycles. The van der Waals surface area contributed by atoms with Crippen molar-refractivity contribution in [2.45, 2.75) is 0 Å². The third-order valence-corrected chi connectivity index (χ3v) is 1.52. The Morgan fingerprint density at radius 1 is 1.12 bits per heavy atom. The Kier molecular flexibility index (Phi) is 6.78. The quantitative estimate of drug-likeness (QED) is 0.608. The maximum absolute atomic E-state index is 4.58. The van der Waals surface area contributed by atoms with Gasteiger partial charge in [-0.2, -0.15) is 0 Å². The number of H-pyrrole nitrogens is 1. The van der Waals surface area contributed by atoms with Crippen molar-refractivity contribution in [3.63, 3.8) is 0 Å². The van der Waals surface area contributed by atoms with Crippen molar-refractivity contribution in [2.24, 2.45) is 0 Å². The molecule has 3 rings (SSSR count). The van der Waals surface area contributed by atoms with E-state index in [4.69, 9.17) is 0 Å². The van der Waals surface area contributed by atoms with Crippen LogP contribution in [0.4, 0.5) is 0 Å². The molecule has 0 aliphatic rings. The number of furan rings is 1. The molecule has 0 saturated heterocycles. The summed E-state index contributed by atoms with van der Waals surface area (Å²) >= 11 is 0. The second-order valence-electron chi connectivity index (χ2n) is 2.46. The van der Waals surface area contributed by atoms with Crippen LogP contribution in [0.3, 0.4) is 0 Å². The molecule has 0 saturated carbocycles. The minimum Gasteiger partial charge on any atom is -0.473 e. The fourth-order valence-electron chi connectivity index (χ4n) is 0.918. The average Bonchev–Trinajstić information content (AvgIpc) is 2.92. The molecule has 3 aromatic rings. The zero-order valence-corrected chi connectivity index (χ0v) is 10.1. The molecule has 0 amide bonds. The van der Waals surface area contributed by atoms with Crippen LogP contribution >= 0.6 is 0 Å². The van der Waals surface area contributed by atoms with Crippen molar-refractivity contribution in [3.8, 4) is 0 Å². The van der Waals surface area contributed by atoms with Gasteiger partial charge in [0.25, 0.3) is 0 Å². The summed E-state index contributed by atoms with van der Waals surface area (Å²) in [6.45, 7) is 0. The third-order valence-electron chi connectivity index (χ3n) is 1.52. The van der Waals surface area contributed by atoms with Gasteiger partial charge in [0.1, 0.15) is 11.8 Å². The maximum atomic E-state index is 4.58. The van der Waals surface area contributed by atoms with E-state index < -0.39 is 0 Å². The molecule has 0 bridgehead atoms. The second-order valence-corrected chi connectivity index (χ2v) is 2.46. The van der Waals surface area contributed by atoms with E-state index in [9.17, 15) is 0 Å². The van der Waals surface area contributed by atoms with Crippen LogP contribution in [0, 0.1) is 0 Å². The van der Waals surface area contributed by atoms with Gasteiger partial charge >= 0.3 is 0 Å². The fourth-order valence-corrected chi connectivity index (χ4v) is 0.918. The molecule has 3 aromatic heterocycles. The number of aromatic nitrogens is 4. The number of hydrogen-bond acceptors (Lipinski definition) is 5. The van der Waals surface area contributed by atoms with Gasteiger partial charge in [-0.05, 0) is 12.1 Å². The molecule has 84 valence electrons. The maximum Gasteiger partial charge on any atom is 0.180 e. The molecular formula is C9H11N5OSe. The molecule has 0 spiro atoms. The van der Waals surface area contributed by atoms with Crippen molar-refractivity contribution in [1.29, 1.82) is 0 Å². The number of nitrogens with one attached hydrogen (secondary N) is 1. The molecule has 3 heterocycles. The number of imidazole rings is 1. The molecular weight excluding hydrogens is 273 g/mol. The first kappa shape index (κ1) is 14.3. The second kappa shape index (κ2) is 7.58. The first-order valence-electron chi connectivity index (χ1n) is 4.03. The van der Waals surface area contributed by atoms with Gasteiger partial charge in [-0.3, -0.25) is 0 Å². The number of hydrogen-bond donors (Lipinski definition) is 2. The van der Waals surface area contributed by atoms with Crippen molar-refractivity contribution in [3.05, 3.63) is 43.5 Å². The summed E-state index contributed by atoms with van der Waals surface area (Å²) in [4.78, 5) is 14.5. The van der Waals surface area contributed by atoms with Crippen LogP contribution < -0.4 is 6.15 Å². The molecule has 0 fully saturated rings. The van der Waals surface area contributed by atoms with Crippen LogP contribution in [0.25, 0.3) is 11.2 Å². The van der Waals surface area contributed by atoms with Crippen molar-refractivity contribution in [1.82, 2.24) is 26.1 Å². The monoisotopic (exact) mass is 285 g/mol. The van der Waals surface area contributed by atoms with E-state index in [2.05, 4.69) is 24.4 Å². The summed E-state index contributed by atoms with van der Waals surface area (Å²) in [6, 6.07) is 3.67. The Hall–Kier alpha value is -1.69. The normalized spacial score (nSPS) is 8.25. The van der Waals surface area contributed by atoms with Crippen LogP contribution in [0.1, 0.15) is 0 Å². The molecule has 0 aliphatic carbocycles. The van der Waals surface area contributed by atoms with Crippen LogP contribution in [0.5, 0.6) is 0 Å². The van der Waals surface area contributed by atoms with Gasteiger partial charge in [-0.25, -0.2) is 15.0 Å². The standard InChI is InChI=1S/C5H4N4.C4H4O.H3N.Se/c1-4-5(8-2-6-1)9-3-7-4;1-2-4-5-3-1;;/h1-3H,(H,6,7,8,9);1-4H;1H3;. The van der Waals surface area contributed by atoms with Gasteiger partial charge in [0.05, 0.1) is 25.1 Å². The van der Waals surface area contributed by atoms with Gasteiger partial charge in [-0.15, -0.1) is 0 Å². The molecule has 7 heteroatoms. The van der Waals surface area contributed by atoms with Gasteiger partial charge in [0.15, 0.2) is 5.65 Å². The van der Waals surface area contributed by atoms with E-state index in [1.807, 2.05) is 12.1 Å². The average molecular weight is 284 g/mol. The van der Waals surface area contributed by atoms with Gasteiger partial charge < -0.3 is 15.6 Å². The summed E-state index contributed by atoms with van der Waals surface area (Å²) < 4.78 is 4.58. The number of nitrogens with zero attached hydrogens (tertiary/aromatic N) is 3. The van der Waals surface area contributed by atoms with Crippen LogP contribution in [0.2, 0.25) is 0 Å². The first-order chi connectivity index (χ1) is 6.97. The minimum atomic E-state index is 0. The van der Waals surface area contributed by atoms with Crippen molar-refractivity contribution >= 4 is 28.2 Å². The molecule has 6 nitrogen and oxygen atoms in total. The molecule has 2 radical (unpaired) electrons. The first-order valence-corrected chi connectivity index (χ1v) is 4.03. The van der Waals surface area contributed by atoms with E-state index in [1.54, 1.807) is 25.1 Å². The van der Waals surface area contributed by atoms with Gasteiger partial charge in [-0.1, -0.05) is 0 Å². The predicted octanol–water partition coefficient (Wildman–Crippen LogP) is 1.41. The van der Waals surface area contributed by atoms with E-state index in [-0.39, 0.29) is 23.2 Å². The Morgan fingerprint density at radius 3 is 2.44 bits per heavy atom. The molecule has 4 N–H and O–H groups in total. The SMILES string of the molecule is N.[Se].c1ccoc1.c1ncc2[nH]cnc2n1. The van der Waals surface area contributed by atoms with Gasteiger partial charge in [0.2, 0.25) is 0 Å². The smallest absolute Gasteiger partial charge is 0.180 e. The molecule has 0 aliphatic heterocycles. The molecule has 16 heavy (non-hydrogen) atoms. The Bertz CT molecular complexity index is 434. The summed E-state index contributed by atoms with van der Waals surface area (Å²) in [5.74, 6) is 0. The van der Waals surface area contributed by atoms with Crippen LogP contribution in [-0.2, 0) is 0 Å². The Balaban J connectivity index is 0.000000282. The van der Waals surface area contributed by atoms with Crippen LogP contribution in [-0.4, -0.2) is 37.0 Å². The summed E-state index contributed by atoms with van der Waals surface area (Å²) in [6.07, 6.45) is 8.01. The fraction of sp³-hybridized carbons (Fsp3) is 0. The number of aromatic amines is 1. The van der Waals surface area contributed by atoms with Crippen molar-refractivity contribution < 1.29 is 4.42 Å². The van der Waals surface area contributed by atoms with E-state index in [1.165, 1.54) is 6.33 Å². The minimum absolute atomic E-state index is 0. The number of rotatable bonds is 0. The Labute approximate surface area is 103 Å². The van der Waals surface area contributed by atoms with E-state index in [0.717, 1.165) is 5.52 Å². The zero-order chi connectivity index (χ0) is 9.64. The number of fused-ring (bicyclic) bond motifs is 1. The topological polar surface area (TPSA) is 103 Å². The zero-order valence-electron chi connectivity index (χ0n) is 8.41. The molecule has 0 unspecified atom stereocenters. The van der Waals surface area contributed by atoms with Crippen LogP contribution in [0.15, 0.2) is 47.9 Å². The predicted molar refractivity (Wildman–Crippen MR) is 61.2 cm³/mol. The van der Waals surface area contributed by atoms with E-state index in [0.29, 0.717) is 5.65 Å².